The zero-order valence-electron chi connectivity index (χ0n) is 10.8. The SMILES string of the molecule is C#CC(NC(CC)c1ccccc1O)C(C)C. The molecule has 0 aromatic heterocycles. The van der Waals surface area contributed by atoms with Gasteiger partial charge in [0, 0.05) is 11.6 Å². The third-order valence-corrected chi connectivity index (χ3v) is 2.95. The van der Waals surface area contributed by atoms with Gasteiger partial charge < -0.3 is 5.11 Å². The molecule has 1 aromatic carbocycles. The fraction of sp³-hybridized carbons (Fsp3) is 0.467. The lowest BCUT2D eigenvalue weighted by molar-refractivity contribution is 0.392. The van der Waals surface area contributed by atoms with Gasteiger partial charge in [0.15, 0.2) is 0 Å². The average molecular weight is 231 g/mol. The maximum Gasteiger partial charge on any atom is 0.120 e. The van der Waals surface area contributed by atoms with Crippen LogP contribution in [-0.4, -0.2) is 11.1 Å². The van der Waals surface area contributed by atoms with E-state index in [1.807, 2.05) is 18.2 Å². The number of terminal acetylenes is 1. The van der Waals surface area contributed by atoms with E-state index < -0.39 is 0 Å². The highest BCUT2D eigenvalue weighted by Gasteiger charge is 2.18. The van der Waals surface area contributed by atoms with Gasteiger partial charge in [0.05, 0.1) is 6.04 Å². The molecular formula is C15H21NO. The number of benzene rings is 1. The zero-order chi connectivity index (χ0) is 12.8. The molecular weight excluding hydrogens is 210 g/mol. The van der Waals surface area contributed by atoms with E-state index in [0.29, 0.717) is 11.7 Å². The van der Waals surface area contributed by atoms with Crippen LogP contribution in [0.15, 0.2) is 24.3 Å². The lowest BCUT2D eigenvalue weighted by Gasteiger charge is -2.25. The lowest BCUT2D eigenvalue weighted by atomic mass is 9.99. The van der Waals surface area contributed by atoms with E-state index in [1.165, 1.54) is 0 Å². The van der Waals surface area contributed by atoms with Gasteiger partial charge in [0.25, 0.3) is 0 Å². The fourth-order valence-electron chi connectivity index (χ4n) is 1.86. The molecule has 1 rings (SSSR count). The summed E-state index contributed by atoms with van der Waals surface area (Å²) in [6.07, 6.45) is 6.41. The maximum atomic E-state index is 9.84. The molecule has 17 heavy (non-hydrogen) atoms. The van der Waals surface area contributed by atoms with E-state index in [4.69, 9.17) is 6.42 Å². The minimum Gasteiger partial charge on any atom is -0.508 e. The molecule has 92 valence electrons. The number of hydrogen-bond donors (Lipinski definition) is 2. The Morgan fingerprint density at radius 2 is 2.00 bits per heavy atom. The summed E-state index contributed by atoms with van der Waals surface area (Å²) in [6.45, 7) is 6.27. The molecule has 0 amide bonds. The molecule has 0 aliphatic rings. The predicted octanol–water partition coefficient (Wildman–Crippen LogP) is 3.09. The molecule has 0 saturated heterocycles. The van der Waals surface area contributed by atoms with E-state index in [-0.39, 0.29) is 12.1 Å². The normalized spacial score (nSPS) is 14.3. The topological polar surface area (TPSA) is 32.3 Å². The molecule has 2 heteroatoms. The predicted molar refractivity (Wildman–Crippen MR) is 71.7 cm³/mol. The van der Waals surface area contributed by atoms with Gasteiger partial charge in [-0.15, -0.1) is 6.42 Å². The molecule has 1 aromatic rings. The minimum absolute atomic E-state index is 0.0274. The van der Waals surface area contributed by atoms with E-state index in [9.17, 15) is 5.11 Å². The van der Waals surface area contributed by atoms with E-state index in [1.54, 1.807) is 6.07 Å². The third kappa shape index (κ3) is 3.51. The quantitative estimate of drug-likeness (QED) is 0.763. The summed E-state index contributed by atoms with van der Waals surface area (Å²) in [7, 11) is 0. The second-order valence-corrected chi connectivity index (χ2v) is 4.57. The van der Waals surface area contributed by atoms with Crippen molar-refractivity contribution in [3.8, 4) is 18.1 Å². The van der Waals surface area contributed by atoms with E-state index in [0.717, 1.165) is 12.0 Å². The summed E-state index contributed by atoms with van der Waals surface area (Å²) >= 11 is 0. The molecule has 2 N–H and O–H groups in total. The van der Waals surface area contributed by atoms with Gasteiger partial charge in [-0.3, -0.25) is 5.32 Å². The maximum absolute atomic E-state index is 9.84. The largest absolute Gasteiger partial charge is 0.508 e. The highest BCUT2D eigenvalue weighted by molar-refractivity contribution is 5.34. The molecule has 2 unspecified atom stereocenters. The van der Waals surface area contributed by atoms with Crippen LogP contribution in [0.25, 0.3) is 0 Å². The van der Waals surface area contributed by atoms with Crippen LogP contribution in [0.4, 0.5) is 0 Å². The molecule has 0 bridgehead atoms. The summed E-state index contributed by atoms with van der Waals surface area (Å²) < 4.78 is 0. The fourth-order valence-corrected chi connectivity index (χ4v) is 1.86. The van der Waals surface area contributed by atoms with Crippen LogP contribution in [0.3, 0.4) is 0 Å². The van der Waals surface area contributed by atoms with Crippen LogP contribution in [0.1, 0.15) is 38.8 Å². The Morgan fingerprint density at radius 3 is 2.47 bits per heavy atom. The number of para-hydroxylation sites is 1. The highest BCUT2D eigenvalue weighted by atomic mass is 16.3. The van der Waals surface area contributed by atoms with Gasteiger partial charge in [-0.2, -0.15) is 0 Å². The van der Waals surface area contributed by atoms with Crippen molar-refractivity contribution in [2.24, 2.45) is 5.92 Å². The van der Waals surface area contributed by atoms with Crippen molar-refractivity contribution in [3.05, 3.63) is 29.8 Å². The summed E-state index contributed by atoms with van der Waals surface area (Å²) in [5.41, 5.74) is 0.913. The van der Waals surface area contributed by atoms with Crippen LogP contribution >= 0.6 is 0 Å². The number of hydrogen-bond acceptors (Lipinski definition) is 2. The van der Waals surface area contributed by atoms with Crippen molar-refractivity contribution in [1.82, 2.24) is 5.32 Å². The van der Waals surface area contributed by atoms with Gasteiger partial charge in [0.1, 0.15) is 5.75 Å². The summed E-state index contributed by atoms with van der Waals surface area (Å²) in [5, 5.41) is 13.3. The Morgan fingerprint density at radius 1 is 1.35 bits per heavy atom. The third-order valence-electron chi connectivity index (χ3n) is 2.95. The number of nitrogens with one attached hydrogen (secondary N) is 1. The van der Waals surface area contributed by atoms with Crippen molar-refractivity contribution < 1.29 is 5.11 Å². The van der Waals surface area contributed by atoms with Crippen molar-refractivity contribution in [2.45, 2.75) is 39.3 Å². The smallest absolute Gasteiger partial charge is 0.120 e. The van der Waals surface area contributed by atoms with Crippen molar-refractivity contribution in [3.63, 3.8) is 0 Å². The summed E-state index contributed by atoms with van der Waals surface area (Å²) in [4.78, 5) is 0. The van der Waals surface area contributed by atoms with Crippen LogP contribution in [0, 0.1) is 18.3 Å². The number of phenols is 1. The van der Waals surface area contributed by atoms with Gasteiger partial charge >= 0.3 is 0 Å². The monoisotopic (exact) mass is 231 g/mol. The molecule has 2 atom stereocenters. The molecule has 0 fully saturated rings. The first-order valence-electron chi connectivity index (χ1n) is 6.10. The number of phenolic OH excluding ortho intramolecular Hbond substituents is 1. The second kappa shape index (κ2) is 6.32. The van der Waals surface area contributed by atoms with Gasteiger partial charge in [-0.1, -0.05) is 44.9 Å². The van der Waals surface area contributed by atoms with Crippen LogP contribution in [-0.2, 0) is 0 Å². The minimum atomic E-state index is 0.0274. The average Bonchev–Trinajstić information content (AvgIpc) is 2.31. The standard InChI is InChI=1S/C15H21NO/c1-5-13(11(3)4)16-14(6-2)12-9-7-8-10-15(12)17/h1,7-11,13-14,16-17H,6H2,2-4H3. The van der Waals surface area contributed by atoms with E-state index >= 15 is 0 Å². The molecule has 0 aliphatic carbocycles. The van der Waals surface area contributed by atoms with Crippen LogP contribution in [0.2, 0.25) is 0 Å². The molecule has 0 saturated carbocycles. The molecule has 2 nitrogen and oxygen atoms in total. The molecule has 0 heterocycles. The number of aromatic hydroxyl groups is 1. The van der Waals surface area contributed by atoms with Crippen molar-refractivity contribution >= 4 is 0 Å². The van der Waals surface area contributed by atoms with Crippen molar-refractivity contribution in [2.75, 3.05) is 0 Å². The Labute approximate surface area is 104 Å². The first-order valence-corrected chi connectivity index (χ1v) is 6.10. The van der Waals surface area contributed by atoms with Crippen molar-refractivity contribution in [1.29, 1.82) is 0 Å². The Bertz CT molecular complexity index is 392. The summed E-state index contributed by atoms with van der Waals surface area (Å²) in [5.74, 6) is 3.46. The van der Waals surface area contributed by atoms with E-state index in [2.05, 4.69) is 32.0 Å². The molecule has 0 radical (unpaired) electrons. The Kier molecular flexibility index (Phi) is 5.06. The summed E-state index contributed by atoms with van der Waals surface area (Å²) in [6, 6.07) is 7.52. The highest BCUT2D eigenvalue weighted by Crippen LogP contribution is 2.26. The van der Waals surface area contributed by atoms with Crippen LogP contribution < -0.4 is 5.32 Å². The van der Waals surface area contributed by atoms with Gasteiger partial charge in [-0.05, 0) is 18.4 Å². The second-order valence-electron chi connectivity index (χ2n) is 4.57. The number of rotatable bonds is 5. The van der Waals surface area contributed by atoms with Gasteiger partial charge in [-0.25, -0.2) is 0 Å². The first-order chi connectivity index (χ1) is 8.10. The Balaban J connectivity index is 2.86. The van der Waals surface area contributed by atoms with Crippen LogP contribution in [0.5, 0.6) is 5.75 Å². The lowest BCUT2D eigenvalue weighted by Crippen LogP contribution is -2.35. The molecule has 0 spiro atoms. The van der Waals surface area contributed by atoms with Gasteiger partial charge in [0.2, 0.25) is 0 Å². The zero-order valence-corrected chi connectivity index (χ0v) is 10.8. The Hall–Kier alpha value is -1.46. The first kappa shape index (κ1) is 13.6. The molecule has 0 aliphatic heterocycles.